The minimum Gasteiger partial charge on any atom is -0.497 e. The van der Waals surface area contributed by atoms with E-state index in [0.717, 1.165) is 65.7 Å². The number of piperazine rings is 1. The van der Waals surface area contributed by atoms with E-state index >= 15 is 0 Å². The van der Waals surface area contributed by atoms with Crippen molar-refractivity contribution in [3.05, 3.63) is 41.4 Å². The van der Waals surface area contributed by atoms with Gasteiger partial charge in [-0.3, -0.25) is 4.90 Å². The largest absolute Gasteiger partial charge is 0.497 e. The molecule has 194 valence electrons. The van der Waals surface area contributed by atoms with Crippen molar-refractivity contribution >= 4 is 45.2 Å². The van der Waals surface area contributed by atoms with Crippen LogP contribution in [0.4, 0.5) is 10.5 Å². The zero-order valence-corrected chi connectivity index (χ0v) is 22.7. The summed E-state index contributed by atoms with van der Waals surface area (Å²) in [6.45, 7) is 12.1. The molecule has 1 unspecified atom stereocenters. The molecule has 0 saturated carbocycles. The van der Waals surface area contributed by atoms with Crippen LogP contribution in [0.2, 0.25) is 5.02 Å². The molecule has 3 aromatic rings. The topological polar surface area (TPSA) is 66.9 Å². The van der Waals surface area contributed by atoms with Gasteiger partial charge in [-0.05, 0) is 83.5 Å². The highest BCUT2D eigenvalue weighted by molar-refractivity contribution is 6.31. The molecule has 1 atom stereocenters. The molecule has 2 aromatic carbocycles. The highest BCUT2D eigenvalue weighted by Crippen LogP contribution is 2.34. The predicted molar refractivity (Wildman–Crippen MR) is 147 cm³/mol. The number of hydrogen-bond acceptors (Lipinski definition) is 6. The van der Waals surface area contributed by atoms with Crippen LogP contribution in [0.1, 0.15) is 40.5 Å². The third-order valence-electron chi connectivity index (χ3n) is 6.47. The number of aromatic nitrogens is 1. The molecule has 2 heterocycles. The van der Waals surface area contributed by atoms with E-state index in [1.807, 2.05) is 62.1 Å². The molecule has 7 nitrogen and oxygen atoms in total. The van der Waals surface area contributed by atoms with Crippen molar-refractivity contribution in [2.45, 2.75) is 52.2 Å². The molecule has 0 radical (unpaired) electrons. The smallest absolute Gasteiger partial charge is 0.410 e. The van der Waals surface area contributed by atoms with Gasteiger partial charge in [-0.1, -0.05) is 11.6 Å². The third-order valence-corrected chi connectivity index (χ3v) is 6.70. The molecule has 1 amide bonds. The Labute approximate surface area is 218 Å². The molecule has 0 bridgehead atoms. The van der Waals surface area contributed by atoms with Crippen LogP contribution in [0.15, 0.2) is 36.4 Å². The Bertz CT molecular complexity index is 1220. The summed E-state index contributed by atoms with van der Waals surface area (Å²) in [4.78, 5) is 21.4. The number of carbonyl (C=O) groups excluding carboxylic acids is 1. The highest BCUT2D eigenvalue weighted by atomic mass is 35.5. The number of fused-ring (bicyclic) bond motifs is 2. The Balaban J connectivity index is 1.36. The third kappa shape index (κ3) is 6.51. The van der Waals surface area contributed by atoms with Crippen LogP contribution >= 0.6 is 11.6 Å². The second-order valence-corrected chi connectivity index (χ2v) is 11.0. The van der Waals surface area contributed by atoms with E-state index in [9.17, 15) is 4.79 Å². The normalized spacial score (nSPS) is 15.8. The van der Waals surface area contributed by atoms with Crippen LogP contribution in [0.25, 0.3) is 21.8 Å². The quantitative estimate of drug-likeness (QED) is 0.381. The first-order chi connectivity index (χ1) is 17.1. The molecule has 0 spiro atoms. The van der Waals surface area contributed by atoms with Gasteiger partial charge in [0.05, 0.1) is 23.8 Å². The Morgan fingerprint density at radius 1 is 1.08 bits per heavy atom. The fourth-order valence-electron chi connectivity index (χ4n) is 4.60. The number of pyridine rings is 1. The van der Waals surface area contributed by atoms with Gasteiger partial charge in [0.25, 0.3) is 0 Å². The zero-order chi connectivity index (χ0) is 25.9. The SMILES string of the molecule is COc1ccc2nc3cc(Cl)ccc3c(NC(C)CCCN3CCN(C(=O)OC(C)(C)C)CC3)c2c1. The molecular formula is C28H37ClN4O3. The number of carbonyl (C=O) groups is 1. The Hall–Kier alpha value is -2.77. The van der Waals surface area contributed by atoms with Gasteiger partial charge in [0.15, 0.2) is 0 Å². The lowest BCUT2D eigenvalue weighted by molar-refractivity contribution is 0.0144. The lowest BCUT2D eigenvalue weighted by Crippen LogP contribution is -2.50. The van der Waals surface area contributed by atoms with Crippen molar-refractivity contribution in [3.63, 3.8) is 0 Å². The summed E-state index contributed by atoms with van der Waals surface area (Å²) in [7, 11) is 1.68. The number of amides is 1. The van der Waals surface area contributed by atoms with Gasteiger partial charge in [-0.15, -0.1) is 0 Å². The molecule has 1 saturated heterocycles. The maximum atomic E-state index is 12.3. The monoisotopic (exact) mass is 512 g/mol. The fraction of sp³-hybridized carbons (Fsp3) is 0.500. The Morgan fingerprint density at radius 2 is 1.83 bits per heavy atom. The summed E-state index contributed by atoms with van der Waals surface area (Å²) < 4.78 is 11.0. The van der Waals surface area contributed by atoms with E-state index in [-0.39, 0.29) is 12.1 Å². The Morgan fingerprint density at radius 3 is 2.53 bits per heavy atom. The minimum absolute atomic E-state index is 0.213. The van der Waals surface area contributed by atoms with E-state index in [4.69, 9.17) is 26.1 Å². The average molecular weight is 513 g/mol. The number of nitrogens with one attached hydrogen (secondary N) is 1. The van der Waals surface area contributed by atoms with Crippen LogP contribution in [-0.2, 0) is 4.74 Å². The molecule has 1 aliphatic heterocycles. The molecule has 4 rings (SSSR count). The van der Waals surface area contributed by atoms with E-state index in [2.05, 4.69) is 17.1 Å². The number of nitrogens with zero attached hydrogens (tertiary/aromatic N) is 3. The van der Waals surface area contributed by atoms with E-state index < -0.39 is 5.60 Å². The van der Waals surface area contributed by atoms with Gasteiger partial charge in [0, 0.05) is 48.0 Å². The first-order valence-electron chi connectivity index (χ1n) is 12.7. The highest BCUT2D eigenvalue weighted by Gasteiger charge is 2.25. The lowest BCUT2D eigenvalue weighted by atomic mass is 10.1. The van der Waals surface area contributed by atoms with Gasteiger partial charge in [-0.25, -0.2) is 9.78 Å². The van der Waals surface area contributed by atoms with Gasteiger partial charge < -0.3 is 19.7 Å². The summed E-state index contributed by atoms with van der Waals surface area (Å²) in [5.74, 6) is 0.804. The Kier molecular flexibility index (Phi) is 8.10. The number of anilines is 1. The molecular weight excluding hydrogens is 476 g/mol. The van der Waals surface area contributed by atoms with Crippen molar-refractivity contribution in [2.24, 2.45) is 0 Å². The van der Waals surface area contributed by atoms with Crippen LogP contribution in [0.3, 0.4) is 0 Å². The molecule has 1 aromatic heterocycles. The number of benzene rings is 2. The average Bonchev–Trinajstić information content (AvgIpc) is 2.83. The van der Waals surface area contributed by atoms with Crippen LogP contribution in [0, 0.1) is 0 Å². The van der Waals surface area contributed by atoms with Crippen molar-refractivity contribution in [1.82, 2.24) is 14.8 Å². The second-order valence-electron chi connectivity index (χ2n) is 10.5. The van der Waals surface area contributed by atoms with E-state index in [0.29, 0.717) is 18.1 Å². The van der Waals surface area contributed by atoms with Crippen molar-refractivity contribution in [3.8, 4) is 5.75 Å². The minimum atomic E-state index is -0.458. The first kappa shape index (κ1) is 26.3. The summed E-state index contributed by atoms with van der Waals surface area (Å²) in [5, 5.41) is 6.51. The summed E-state index contributed by atoms with van der Waals surface area (Å²) in [5.41, 5.74) is 2.38. The molecule has 8 heteroatoms. The van der Waals surface area contributed by atoms with Gasteiger partial charge in [-0.2, -0.15) is 0 Å². The molecule has 1 N–H and O–H groups in total. The number of halogens is 1. The number of ether oxygens (including phenoxy) is 2. The van der Waals surface area contributed by atoms with Crippen LogP contribution in [0.5, 0.6) is 5.75 Å². The number of methoxy groups -OCH3 is 1. The first-order valence-corrected chi connectivity index (χ1v) is 13.0. The maximum Gasteiger partial charge on any atom is 0.410 e. The van der Waals surface area contributed by atoms with Crippen LogP contribution in [-0.4, -0.2) is 72.4 Å². The van der Waals surface area contributed by atoms with Gasteiger partial charge in [0.2, 0.25) is 0 Å². The molecule has 0 aliphatic carbocycles. The van der Waals surface area contributed by atoms with E-state index in [1.165, 1.54) is 0 Å². The molecule has 1 aliphatic rings. The summed E-state index contributed by atoms with van der Waals surface area (Å²) in [6.07, 6.45) is 1.88. The predicted octanol–water partition coefficient (Wildman–Crippen LogP) is 6.18. The standard InChI is InChI=1S/C28H37ClN4O3/c1-19(7-6-12-32-13-15-33(16-14-32)27(34)36-28(2,3)4)30-26-22-10-8-20(29)17-25(22)31-24-11-9-21(35-5)18-23(24)26/h8-11,17-19H,6-7,12-16H2,1-5H3,(H,30,31). The summed E-state index contributed by atoms with van der Waals surface area (Å²) in [6, 6.07) is 12.1. The fourth-order valence-corrected chi connectivity index (χ4v) is 4.77. The van der Waals surface area contributed by atoms with Gasteiger partial charge >= 0.3 is 6.09 Å². The van der Waals surface area contributed by atoms with Gasteiger partial charge in [0.1, 0.15) is 11.4 Å². The summed E-state index contributed by atoms with van der Waals surface area (Å²) >= 11 is 6.26. The van der Waals surface area contributed by atoms with Crippen molar-refractivity contribution in [2.75, 3.05) is 45.2 Å². The van der Waals surface area contributed by atoms with Crippen LogP contribution < -0.4 is 10.1 Å². The van der Waals surface area contributed by atoms with E-state index in [1.54, 1.807) is 7.11 Å². The molecule has 36 heavy (non-hydrogen) atoms. The zero-order valence-electron chi connectivity index (χ0n) is 21.9. The number of rotatable bonds is 7. The number of hydrogen-bond donors (Lipinski definition) is 1. The van der Waals surface area contributed by atoms with Crippen molar-refractivity contribution in [1.29, 1.82) is 0 Å². The van der Waals surface area contributed by atoms with Crippen molar-refractivity contribution < 1.29 is 14.3 Å². The molecule has 1 fully saturated rings. The second kappa shape index (κ2) is 11.1. The maximum absolute atomic E-state index is 12.3. The lowest BCUT2D eigenvalue weighted by Gasteiger charge is -2.35.